The summed E-state index contributed by atoms with van der Waals surface area (Å²) in [5.74, 6) is 0. The molecule has 2 aliphatic rings. The molecule has 130 valence electrons. The predicted molar refractivity (Wildman–Crippen MR) is 98.2 cm³/mol. The second kappa shape index (κ2) is 6.29. The van der Waals surface area contributed by atoms with Crippen LogP contribution in [0, 0.1) is 11.3 Å². The molecule has 1 saturated carbocycles. The summed E-state index contributed by atoms with van der Waals surface area (Å²) >= 11 is 0. The summed E-state index contributed by atoms with van der Waals surface area (Å²) in [5, 5.41) is 14.5. The Balaban J connectivity index is 2.01. The molecule has 0 unspecified atom stereocenters. The van der Waals surface area contributed by atoms with E-state index in [1.807, 2.05) is 24.1 Å². The zero-order chi connectivity index (χ0) is 17.4. The van der Waals surface area contributed by atoms with Crippen LogP contribution in [0.3, 0.4) is 0 Å². The largest absolute Gasteiger partial charge is 0.275 e. The highest BCUT2D eigenvalue weighted by atomic mass is 15.2. The number of hydrogen-bond donors (Lipinski definition) is 0. The third-order valence-corrected chi connectivity index (χ3v) is 6.32. The fourth-order valence-electron chi connectivity index (χ4n) is 4.64. The van der Waals surface area contributed by atoms with Gasteiger partial charge in [0.15, 0.2) is 0 Å². The maximum absolute atomic E-state index is 10.1. The number of pyridine rings is 1. The van der Waals surface area contributed by atoms with Crippen molar-refractivity contribution in [3.05, 3.63) is 34.9 Å². The number of fused-ring (bicyclic) bond motifs is 1. The van der Waals surface area contributed by atoms with Crippen LogP contribution in [0.2, 0.25) is 0 Å². The number of nitriles is 1. The van der Waals surface area contributed by atoms with Gasteiger partial charge in [-0.2, -0.15) is 10.4 Å². The normalized spacial score (nSPS) is 18.8. The van der Waals surface area contributed by atoms with Crippen LogP contribution in [-0.2, 0) is 25.3 Å². The van der Waals surface area contributed by atoms with E-state index in [4.69, 9.17) is 4.98 Å². The summed E-state index contributed by atoms with van der Waals surface area (Å²) in [7, 11) is 1.94. The lowest BCUT2D eigenvalue weighted by atomic mass is 9.63. The van der Waals surface area contributed by atoms with Crippen LogP contribution in [0.25, 0.3) is 11.1 Å². The van der Waals surface area contributed by atoms with Gasteiger partial charge >= 0.3 is 0 Å². The van der Waals surface area contributed by atoms with E-state index in [0.717, 1.165) is 54.5 Å². The van der Waals surface area contributed by atoms with Crippen LogP contribution in [0.1, 0.15) is 74.4 Å². The van der Waals surface area contributed by atoms with Crippen LogP contribution in [0.4, 0.5) is 0 Å². The smallest absolute Gasteiger partial charge is 0.102 e. The zero-order valence-electron chi connectivity index (χ0n) is 15.3. The van der Waals surface area contributed by atoms with Crippen LogP contribution >= 0.6 is 0 Å². The summed E-state index contributed by atoms with van der Waals surface area (Å²) in [6, 6.07) is 2.55. The molecule has 0 saturated heterocycles. The zero-order valence-corrected chi connectivity index (χ0v) is 15.3. The Kier molecular flexibility index (Phi) is 4.11. The Bertz CT molecular complexity index is 831. The summed E-state index contributed by atoms with van der Waals surface area (Å²) in [6.07, 6.45) is 14.3. The van der Waals surface area contributed by atoms with Crippen LogP contribution in [0.5, 0.6) is 0 Å². The van der Waals surface area contributed by atoms with Crippen molar-refractivity contribution < 1.29 is 0 Å². The van der Waals surface area contributed by atoms with Gasteiger partial charge in [-0.25, -0.2) is 0 Å². The molecule has 0 N–H and O–H groups in total. The molecule has 4 rings (SSSR count). The lowest BCUT2D eigenvalue weighted by Gasteiger charge is -2.42. The number of rotatable bonds is 3. The topological polar surface area (TPSA) is 54.5 Å². The molecule has 0 amide bonds. The minimum atomic E-state index is 0.114. The molecule has 2 aliphatic carbocycles. The van der Waals surface area contributed by atoms with Gasteiger partial charge in [-0.3, -0.25) is 9.67 Å². The van der Waals surface area contributed by atoms with E-state index in [-0.39, 0.29) is 5.41 Å². The van der Waals surface area contributed by atoms with E-state index in [1.165, 1.54) is 36.9 Å². The van der Waals surface area contributed by atoms with Gasteiger partial charge in [-0.1, -0.05) is 19.8 Å². The third kappa shape index (κ3) is 2.57. The first kappa shape index (κ1) is 16.3. The molecule has 1 fully saturated rings. The molecule has 4 heteroatoms. The second-order valence-electron chi connectivity index (χ2n) is 7.70. The Morgan fingerprint density at radius 2 is 2.00 bits per heavy atom. The van der Waals surface area contributed by atoms with Crippen molar-refractivity contribution in [1.29, 1.82) is 5.26 Å². The summed E-state index contributed by atoms with van der Waals surface area (Å²) in [6.45, 7) is 2.25. The Morgan fingerprint density at radius 3 is 2.60 bits per heavy atom. The van der Waals surface area contributed by atoms with Crippen molar-refractivity contribution in [3.63, 3.8) is 0 Å². The van der Waals surface area contributed by atoms with Gasteiger partial charge in [0.1, 0.15) is 6.07 Å². The van der Waals surface area contributed by atoms with Crippen LogP contribution < -0.4 is 0 Å². The molecule has 25 heavy (non-hydrogen) atoms. The maximum Gasteiger partial charge on any atom is 0.102 e. The van der Waals surface area contributed by atoms with Crippen molar-refractivity contribution in [2.75, 3.05) is 0 Å². The first-order valence-corrected chi connectivity index (χ1v) is 9.64. The third-order valence-electron chi connectivity index (χ3n) is 6.32. The van der Waals surface area contributed by atoms with Gasteiger partial charge < -0.3 is 0 Å². The quantitative estimate of drug-likeness (QED) is 0.779. The average molecular weight is 334 g/mol. The van der Waals surface area contributed by atoms with E-state index < -0.39 is 0 Å². The van der Waals surface area contributed by atoms with Crippen LogP contribution in [-0.4, -0.2) is 14.8 Å². The lowest BCUT2D eigenvalue weighted by molar-refractivity contribution is 0.227. The first-order chi connectivity index (χ1) is 12.2. The molecule has 2 aromatic rings. The molecule has 2 aromatic heterocycles. The monoisotopic (exact) mass is 334 g/mol. The lowest BCUT2D eigenvalue weighted by Crippen LogP contribution is -2.36. The summed E-state index contributed by atoms with van der Waals surface area (Å²) in [4.78, 5) is 5.15. The van der Waals surface area contributed by atoms with Gasteiger partial charge in [0, 0.05) is 35.5 Å². The van der Waals surface area contributed by atoms with E-state index in [0.29, 0.717) is 0 Å². The van der Waals surface area contributed by atoms with E-state index >= 15 is 0 Å². The Hall–Kier alpha value is -2.15. The standard InChI is InChI=1S/C21H26N4/c1-3-21(10-7-11-21)20-17(12-22)19(15-13-23-25(2)14-15)16-8-5-4-6-9-18(16)24-20/h13-14H,3-11H2,1-2H3. The highest BCUT2D eigenvalue weighted by molar-refractivity contribution is 5.75. The van der Waals surface area contributed by atoms with Gasteiger partial charge in [-0.15, -0.1) is 0 Å². The van der Waals surface area contributed by atoms with Crippen molar-refractivity contribution in [2.45, 2.75) is 70.1 Å². The number of nitrogens with zero attached hydrogens (tertiary/aromatic N) is 4. The molecular weight excluding hydrogens is 308 g/mol. The Morgan fingerprint density at radius 1 is 1.20 bits per heavy atom. The predicted octanol–water partition coefficient (Wildman–Crippen LogP) is 4.45. The molecular formula is C21H26N4. The molecule has 0 radical (unpaired) electrons. The highest BCUT2D eigenvalue weighted by Gasteiger charge is 2.41. The molecule has 4 nitrogen and oxygen atoms in total. The summed E-state index contributed by atoms with van der Waals surface area (Å²) in [5.41, 5.74) is 6.74. The highest BCUT2D eigenvalue weighted by Crippen LogP contribution is 2.49. The van der Waals surface area contributed by atoms with Crippen LogP contribution in [0.15, 0.2) is 12.4 Å². The molecule has 0 aliphatic heterocycles. The van der Waals surface area contributed by atoms with Crippen molar-refractivity contribution in [3.8, 4) is 17.2 Å². The van der Waals surface area contributed by atoms with Gasteiger partial charge in [-0.05, 0) is 50.5 Å². The minimum Gasteiger partial charge on any atom is -0.275 e. The average Bonchev–Trinajstić information content (AvgIpc) is 2.86. The van der Waals surface area contributed by atoms with Crippen molar-refractivity contribution >= 4 is 0 Å². The van der Waals surface area contributed by atoms with Crippen molar-refractivity contribution in [2.24, 2.45) is 7.05 Å². The Labute approximate surface area is 149 Å². The van der Waals surface area contributed by atoms with E-state index in [2.05, 4.69) is 18.1 Å². The molecule has 0 atom stereocenters. The second-order valence-corrected chi connectivity index (χ2v) is 7.70. The van der Waals surface area contributed by atoms with E-state index in [9.17, 15) is 5.26 Å². The molecule has 2 heterocycles. The first-order valence-electron chi connectivity index (χ1n) is 9.64. The van der Waals surface area contributed by atoms with Crippen molar-refractivity contribution in [1.82, 2.24) is 14.8 Å². The SMILES string of the molecule is CCC1(c2nc3c(c(-c4cnn(C)c4)c2C#N)CCCCC3)CCC1. The summed E-state index contributed by atoms with van der Waals surface area (Å²) < 4.78 is 1.83. The number of aromatic nitrogens is 3. The fourth-order valence-corrected chi connectivity index (χ4v) is 4.64. The fraction of sp³-hybridized carbons (Fsp3) is 0.571. The molecule has 0 spiro atoms. The molecule has 0 bridgehead atoms. The number of hydrogen-bond acceptors (Lipinski definition) is 3. The van der Waals surface area contributed by atoms with Gasteiger partial charge in [0.2, 0.25) is 0 Å². The van der Waals surface area contributed by atoms with Gasteiger partial charge in [0.25, 0.3) is 0 Å². The minimum absolute atomic E-state index is 0.114. The number of aryl methyl sites for hydroxylation is 2. The maximum atomic E-state index is 10.1. The van der Waals surface area contributed by atoms with E-state index in [1.54, 1.807) is 0 Å². The van der Waals surface area contributed by atoms with Gasteiger partial charge in [0.05, 0.1) is 17.5 Å². The molecule has 0 aromatic carbocycles.